The topological polar surface area (TPSA) is 105 Å². The van der Waals surface area contributed by atoms with Gasteiger partial charge in [0.2, 0.25) is 0 Å². The van der Waals surface area contributed by atoms with Gasteiger partial charge in [0, 0.05) is 5.69 Å². The summed E-state index contributed by atoms with van der Waals surface area (Å²) in [6, 6.07) is 17.1. The summed E-state index contributed by atoms with van der Waals surface area (Å²) in [5.74, 6) is -2.31. The monoisotopic (exact) mass is 493 g/mol. The van der Waals surface area contributed by atoms with Crippen molar-refractivity contribution >= 4 is 52.8 Å². The SMILES string of the molecule is O=C(COc1ccc(/C=C2/C(=O)NC(=O)N(c3ccccc3)C2=O)cc1Cl)Nc1ccc(F)cc1. The molecule has 0 aliphatic carbocycles. The number of halogens is 2. The minimum Gasteiger partial charge on any atom is -0.482 e. The van der Waals surface area contributed by atoms with Crippen molar-refractivity contribution in [1.29, 1.82) is 0 Å². The Labute approximate surface area is 203 Å². The molecule has 0 aromatic heterocycles. The maximum Gasteiger partial charge on any atom is 0.335 e. The van der Waals surface area contributed by atoms with Gasteiger partial charge in [0.05, 0.1) is 10.7 Å². The number of carbonyl (C=O) groups is 4. The molecular formula is C25H17ClFN3O5. The van der Waals surface area contributed by atoms with Gasteiger partial charge in [-0.2, -0.15) is 0 Å². The molecule has 5 amide bonds. The lowest BCUT2D eigenvalue weighted by Crippen LogP contribution is -2.54. The third kappa shape index (κ3) is 5.53. The van der Waals surface area contributed by atoms with E-state index < -0.39 is 29.6 Å². The van der Waals surface area contributed by atoms with Crippen LogP contribution in [0.4, 0.5) is 20.6 Å². The predicted molar refractivity (Wildman–Crippen MR) is 127 cm³/mol. The Kier molecular flexibility index (Phi) is 6.88. The fraction of sp³-hybridized carbons (Fsp3) is 0.0400. The van der Waals surface area contributed by atoms with Crippen molar-refractivity contribution in [3.63, 3.8) is 0 Å². The number of barbiturate groups is 1. The first kappa shape index (κ1) is 23.7. The minimum absolute atomic E-state index is 0.133. The number of para-hydroxylation sites is 1. The average Bonchev–Trinajstić information content (AvgIpc) is 2.83. The van der Waals surface area contributed by atoms with Crippen LogP contribution in [-0.4, -0.2) is 30.4 Å². The predicted octanol–water partition coefficient (Wildman–Crippen LogP) is 4.16. The summed E-state index contributed by atoms with van der Waals surface area (Å²) in [4.78, 5) is 50.4. The second-order valence-corrected chi connectivity index (χ2v) is 7.73. The maximum atomic E-state index is 13.0. The lowest BCUT2D eigenvalue weighted by Gasteiger charge is -2.26. The van der Waals surface area contributed by atoms with Gasteiger partial charge in [0.15, 0.2) is 6.61 Å². The zero-order valence-electron chi connectivity index (χ0n) is 18.0. The number of hydrogen-bond donors (Lipinski definition) is 2. The van der Waals surface area contributed by atoms with Crippen molar-refractivity contribution in [2.75, 3.05) is 16.8 Å². The van der Waals surface area contributed by atoms with Gasteiger partial charge < -0.3 is 10.1 Å². The van der Waals surface area contributed by atoms with Crippen LogP contribution in [0.15, 0.2) is 78.4 Å². The number of carbonyl (C=O) groups excluding carboxylic acids is 4. The number of benzene rings is 3. The van der Waals surface area contributed by atoms with Crippen LogP contribution in [0.25, 0.3) is 6.08 Å². The summed E-state index contributed by atoms with van der Waals surface area (Å²) in [5.41, 5.74) is 0.872. The Balaban J connectivity index is 1.46. The van der Waals surface area contributed by atoms with Crippen molar-refractivity contribution < 1.29 is 28.3 Å². The maximum absolute atomic E-state index is 13.0. The molecule has 0 saturated carbocycles. The zero-order chi connectivity index (χ0) is 24.9. The smallest absolute Gasteiger partial charge is 0.335 e. The number of urea groups is 1. The molecule has 35 heavy (non-hydrogen) atoms. The first-order valence-corrected chi connectivity index (χ1v) is 10.6. The molecule has 10 heteroatoms. The molecule has 4 rings (SSSR count). The molecule has 0 atom stereocenters. The van der Waals surface area contributed by atoms with Crippen LogP contribution >= 0.6 is 11.6 Å². The lowest BCUT2D eigenvalue weighted by molar-refractivity contribution is -0.122. The summed E-state index contributed by atoms with van der Waals surface area (Å²) in [6.45, 7) is -0.355. The van der Waals surface area contributed by atoms with Crippen LogP contribution in [0.3, 0.4) is 0 Å². The number of amides is 5. The van der Waals surface area contributed by atoms with Crippen LogP contribution in [0.2, 0.25) is 5.02 Å². The normalized spacial score (nSPS) is 14.6. The molecule has 0 bridgehead atoms. The Hall–Kier alpha value is -4.50. The molecule has 3 aromatic carbocycles. The van der Waals surface area contributed by atoms with E-state index in [4.69, 9.17) is 16.3 Å². The lowest BCUT2D eigenvalue weighted by atomic mass is 10.1. The summed E-state index contributed by atoms with van der Waals surface area (Å²) in [7, 11) is 0. The van der Waals surface area contributed by atoms with Crippen molar-refractivity contribution in [1.82, 2.24) is 5.32 Å². The second-order valence-electron chi connectivity index (χ2n) is 7.33. The second kappa shape index (κ2) is 10.2. The van der Waals surface area contributed by atoms with Gasteiger partial charge in [-0.3, -0.25) is 19.7 Å². The average molecular weight is 494 g/mol. The van der Waals surface area contributed by atoms with Gasteiger partial charge >= 0.3 is 6.03 Å². The quantitative estimate of drug-likeness (QED) is 0.396. The van der Waals surface area contributed by atoms with Crippen LogP contribution < -0.4 is 20.3 Å². The van der Waals surface area contributed by atoms with Crippen LogP contribution in [0.1, 0.15) is 5.56 Å². The fourth-order valence-electron chi connectivity index (χ4n) is 3.23. The number of ether oxygens (including phenoxy) is 1. The largest absolute Gasteiger partial charge is 0.482 e. The summed E-state index contributed by atoms with van der Waals surface area (Å²) >= 11 is 6.25. The molecule has 1 aliphatic rings. The van der Waals surface area contributed by atoms with Crippen molar-refractivity contribution in [2.45, 2.75) is 0 Å². The number of hydrogen-bond acceptors (Lipinski definition) is 5. The van der Waals surface area contributed by atoms with E-state index in [9.17, 15) is 23.6 Å². The molecule has 3 aromatic rings. The molecule has 1 aliphatic heterocycles. The molecule has 0 radical (unpaired) electrons. The zero-order valence-corrected chi connectivity index (χ0v) is 18.7. The highest BCUT2D eigenvalue weighted by Gasteiger charge is 2.36. The highest BCUT2D eigenvalue weighted by atomic mass is 35.5. The number of nitrogens with zero attached hydrogens (tertiary/aromatic N) is 1. The van der Waals surface area contributed by atoms with Gasteiger partial charge in [-0.15, -0.1) is 0 Å². The van der Waals surface area contributed by atoms with E-state index in [1.54, 1.807) is 30.3 Å². The Morgan fingerprint density at radius 1 is 1.03 bits per heavy atom. The third-order valence-electron chi connectivity index (χ3n) is 4.87. The van der Waals surface area contributed by atoms with Gasteiger partial charge in [-0.25, -0.2) is 14.1 Å². The molecule has 2 N–H and O–H groups in total. The first-order valence-electron chi connectivity index (χ1n) is 10.3. The fourth-order valence-corrected chi connectivity index (χ4v) is 3.48. The van der Waals surface area contributed by atoms with Crippen LogP contribution in [0, 0.1) is 5.82 Å². The van der Waals surface area contributed by atoms with Gasteiger partial charge in [0.25, 0.3) is 17.7 Å². The summed E-state index contributed by atoms with van der Waals surface area (Å²) in [5, 5.41) is 4.84. The summed E-state index contributed by atoms with van der Waals surface area (Å²) in [6.07, 6.45) is 1.30. The highest BCUT2D eigenvalue weighted by Crippen LogP contribution is 2.28. The van der Waals surface area contributed by atoms with Crippen molar-refractivity contribution in [3.05, 3.63) is 94.8 Å². The number of rotatable bonds is 6. The third-order valence-corrected chi connectivity index (χ3v) is 5.17. The van der Waals surface area contributed by atoms with Gasteiger partial charge in [-0.05, 0) is 60.2 Å². The van der Waals surface area contributed by atoms with Crippen molar-refractivity contribution in [3.8, 4) is 5.75 Å². The van der Waals surface area contributed by atoms with E-state index >= 15 is 0 Å². The summed E-state index contributed by atoms with van der Waals surface area (Å²) < 4.78 is 18.4. The molecule has 0 unspecified atom stereocenters. The van der Waals surface area contributed by atoms with E-state index in [0.717, 1.165) is 4.90 Å². The van der Waals surface area contributed by atoms with E-state index in [1.807, 2.05) is 0 Å². The Morgan fingerprint density at radius 2 is 1.74 bits per heavy atom. The Bertz CT molecular complexity index is 1340. The first-order chi connectivity index (χ1) is 16.8. The van der Waals surface area contributed by atoms with E-state index in [1.165, 1.54) is 48.5 Å². The number of nitrogens with one attached hydrogen (secondary N) is 2. The molecule has 1 heterocycles. The van der Waals surface area contributed by atoms with Crippen molar-refractivity contribution in [2.24, 2.45) is 0 Å². The van der Waals surface area contributed by atoms with Gasteiger partial charge in [0.1, 0.15) is 17.1 Å². The number of imide groups is 2. The van der Waals surface area contributed by atoms with E-state index in [2.05, 4.69) is 10.6 Å². The standard InChI is InChI=1S/C25H17ClFN3O5/c26-20-13-15(6-11-21(20)35-14-22(31)28-17-9-7-16(27)8-10-17)12-19-23(32)29-25(34)30(24(19)33)18-4-2-1-3-5-18/h1-13H,14H2,(H,28,31)(H,29,32,34)/b19-12-. The molecule has 1 fully saturated rings. The molecule has 1 saturated heterocycles. The molecular weight excluding hydrogens is 477 g/mol. The van der Waals surface area contributed by atoms with E-state index in [0.29, 0.717) is 16.9 Å². The molecule has 176 valence electrons. The van der Waals surface area contributed by atoms with Crippen LogP contribution in [0.5, 0.6) is 5.75 Å². The highest BCUT2D eigenvalue weighted by molar-refractivity contribution is 6.39. The molecule has 0 spiro atoms. The minimum atomic E-state index is -0.843. The Morgan fingerprint density at radius 3 is 2.43 bits per heavy atom. The van der Waals surface area contributed by atoms with E-state index in [-0.39, 0.29) is 23.0 Å². The number of anilines is 2. The van der Waals surface area contributed by atoms with Gasteiger partial charge in [-0.1, -0.05) is 35.9 Å². The molecule has 8 nitrogen and oxygen atoms in total. The van der Waals surface area contributed by atoms with Crippen LogP contribution in [-0.2, 0) is 14.4 Å².